The predicted molar refractivity (Wildman–Crippen MR) is 221 cm³/mol. The van der Waals surface area contributed by atoms with E-state index in [-0.39, 0.29) is 73.2 Å². The molecule has 1 atom stereocenters. The summed E-state index contributed by atoms with van der Waals surface area (Å²) in [5.41, 5.74) is 1.94. The lowest BCUT2D eigenvalue weighted by Gasteiger charge is -2.27. The average Bonchev–Trinajstić information content (AvgIpc) is 3.45. The summed E-state index contributed by atoms with van der Waals surface area (Å²) in [5.74, 6) is -2.00. The van der Waals surface area contributed by atoms with Crippen molar-refractivity contribution in [2.75, 3.05) is 50.1 Å². The summed E-state index contributed by atoms with van der Waals surface area (Å²) in [6, 6.07) is 16.0. The smallest absolute Gasteiger partial charge is 0.262 e. The number of amides is 5. The second kappa shape index (κ2) is 17.1. The molecule has 3 N–H and O–H groups in total. The largest absolute Gasteiger partial charge is 0.508 e. The molecule has 15 heteroatoms. The third-order valence-electron chi connectivity index (χ3n) is 10.7. The second-order valence-electron chi connectivity index (χ2n) is 14.8. The SMILES string of the molecule is CCCN(CCC)c1nc(NCCC(=O)N(C)CCOc2ccc3c(c2)C(=O)N(C2CCC(=O)NC2=O)C3=O)nc2c(F)c(-c3cc(O)cc4ccccc34)c(C)cc12. The number of carbonyl (C=O) groups is 5. The molecule has 14 nitrogen and oxygen atoms in total. The number of aromatic nitrogens is 2. The summed E-state index contributed by atoms with van der Waals surface area (Å²) in [6.07, 6.45) is 1.85. The molecule has 2 aliphatic heterocycles. The summed E-state index contributed by atoms with van der Waals surface area (Å²) in [6.45, 7) is 7.85. The minimum absolute atomic E-state index is 0.0242. The number of ether oxygens (including phenoxy) is 1. The Morgan fingerprint density at radius 1 is 0.949 bits per heavy atom. The van der Waals surface area contributed by atoms with Crippen molar-refractivity contribution < 1.29 is 38.2 Å². The van der Waals surface area contributed by atoms with Crippen LogP contribution < -0.4 is 20.3 Å². The standard InChI is InChI=1S/C44H46FN7O7/c1-5-17-51(18-6-2)40-33-21-25(3)37(31-23-27(53)22-26-9-7-8-10-29(26)31)38(45)39(33)48-44(49-40)46-16-15-36(55)50(4)19-20-59-28-11-12-30-32(24-28)43(58)52(42(30)57)34-13-14-35(54)47-41(34)56/h7-12,21-24,34,53H,5-6,13-20H2,1-4H3,(H,46,48,49)(H,47,54,56). The fourth-order valence-electron chi connectivity index (χ4n) is 7.79. The van der Waals surface area contributed by atoms with Gasteiger partial charge in [0.25, 0.3) is 11.8 Å². The van der Waals surface area contributed by atoms with Gasteiger partial charge in [0.2, 0.25) is 23.7 Å². The Bertz CT molecular complexity index is 2500. The number of hydrogen-bond acceptors (Lipinski definition) is 11. The molecule has 1 unspecified atom stereocenters. The number of hydrogen-bond donors (Lipinski definition) is 3. The Morgan fingerprint density at radius 2 is 1.69 bits per heavy atom. The van der Waals surface area contributed by atoms with E-state index in [2.05, 4.69) is 34.4 Å². The van der Waals surface area contributed by atoms with Crippen LogP contribution in [0.25, 0.3) is 32.8 Å². The molecule has 59 heavy (non-hydrogen) atoms. The number of piperidine rings is 1. The molecule has 1 fully saturated rings. The van der Waals surface area contributed by atoms with Crippen molar-refractivity contribution in [3.05, 3.63) is 83.2 Å². The topological polar surface area (TPSA) is 174 Å². The number of fused-ring (bicyclic) bond motifs is 3. The van der Waals surface area contributed by atoms with Crippen LogP contribution >= 0.6 is 0 Å². The average molecular weight is 804 g/mol. The number of aryl methyl sites for hydroxylation is 1. The lowest BCUT2D eigenvalue weighted by atomic mass is 9.93. The molecule has 0 spiro atoms. The number of carbonyl (C=O) groups excluding carboxylic acids is 5. The molecule has 2 aliphatic rings. The number of likely N-dealkylation sites (N-methyl/N-ethyl adjacent to an activating group) is 1. The molecule has 0 saturated carbocycles. The van der Waals surface area contributed by atoms with Crippen LogP contribution in [0.3, 0.4) is 0 Å². The summed E-state index contributed by atoms with van der Waals surface area (Å²) < 4.78 is 22.8. The Balaban J connectivity index is 1.03. The zero-order valence-corrected chi connectivity index (χ0v) is 33.4. The van der Waals surface area contributed by atoms with E-state index in [1.807, 2.05) is 37.3 Å². The van der Waals surface area contributed by atoms with Crippen LogP contribution in [0.1, 0.15) is 72.2 Å². The van der Waals surface area contributed by atoms with Crippen LogP contribution in [0.15, 0.2) is 60.7 Å². The van der Waals surface area contributed by atoms with Gasteiger partial charge in [-0.05, 0) is 84.5 Å². The summed E-state index contributed by atoms with van der Waals surface area (Å²) in [4.78, 5) is 77.4. The molecule has 0 aliphatic carbocycles. The molecule has 1 saturated heterocycles. The molecule has 0 bridgehead atoms. The van der Waals surface area contributed by atoms with Crippen LogP contribution in [0.2, 0.25) is 0 Å². The summed E-state index contributed by atoms with van der Waals surface area (Å²) in [7, 11) is 1.64. The molecule has 5 aromatic rings. The lowest BCUT2D eigenvalue weighted by Crippen LogP contribution is -2.54. The molecular formula is C44H46FN7O7. The van der Waals surface area contributed by atoms with Gasteiger partial charge < -0.3 is 25.0 Å². The van der Waals surface area contributed by atoms with E-state index in [9.17, 15) is 29.1 Å². The van der Waals surface area contributed by atoms with Gasteiger partial charge in [-0.1, -0.05) is 38.1 Å². The first-order valence-electron chi connectivity index (χ1n) is 19.8. The molecule has 306 valence electrons. The molecular weight excluding hydrogens is 758 g/mol. The van der Waals surface area contributed by atoms with Gasteiger partial charge in [-0.15, -0.1) is 0 Å². The Kier molecular flexibility index (Phi) is 11.7. The van der Waals surface area contributed by atoms with E-state index < -0.39 is 35.5 Å². The number of nitrogens with zero attached hydrogens (tertiary/aromatic N) is 5. The quantitative estimate of drug-likeness (QED) is 0.106. The second-order valence-corrected chi connectivity index (χ2v) is 14.8. The molecule has 5 amide bonds. The highest BCUT2D eigenvalue weighted by atomic mass is 19.1. The minimum atomic E-state index is -1.07. The normalized spacial score (nSPS) is 15.1. The van der Waals surface area contributed by atoms with E-state index in [1.54, 1.807) is 25.2 Å². The van der Waals surface area contributed by atoms with Gasteiger partial charge in [0.05, 0.1) is 17.7 Å². The predicted octanol–water partition coefficient (Wildman–Crippen LogP) is 5.97. The Morgan fingerprint density at radius 3 is 2.44 bits per heavy atom. The molecule has 7 rings (SSSR count). The first-order valence-corrected chi connectivity index (χ1v) is 19.8. The van der Waals surface area contributed by atoms with Crippen molar-refractivity contribution in [1.29, 1.82) is 0 Å². The van der Waals surface area contributed by atoms with E-state index in [1.165, 1.54) is 17.0 Å². The molecule has 1 aromatic heterocycles. The van der Waals surface area contributed by atoms with Gasteiger partial charge in [0, 0.05) is 50.5 Å². The number of benzene rings is 4. The fraction of sp³-hybridized carbons (Fsp3) is 0.341. The van der Waals surface area contributed by atoms with Crippen LogP contribution in [0.4, 0.5) is 16.2 Å². The summed E-state index contributed by atoms with van der Waals surface area (Å²) in [5, 5.41) is 18.1. The lowest BCUT2D eigenvalue weighted by molar-refractivity contribution is -0.136. The fourth-order valence-corrected chi connectivity index (χ4v) is 7.79. The van der Waals surface area contributed by atoms with Crippen molar-refractivity contribution in [2.45, 2.75) is 58.9 Å². The van der Waals surface area contributed by atoms with E-state index in [0.717, 1.165) is 28.5 Å². The van der Waals surface area contributed by atoms with Crippen LogP contribution in [0.5, 0.6) is 11.5 Å². The number of aromatic hydroxyl groups is 1. The number of halogens is 1. The van der Waals surface area contributed by atoms with Crippen LogP contribution in [-0.2, 0) is 14.4 Å². The zero-order valence-electron chi connectivity index (χ0n) is 33.4. The molecule has 3 heterocycles. The maximum absolute atomic E-state index is 16.9. The van der Waals surface area contributed by atoms with Crippen LogP contribution in [0, 0.1) is 12.7 Å². The van der Waals surface area contributed by atoms with Gasteiger partial charge in [-0.2, -0.15) is 4.98 Å². The summed E-state index contributed by atoms with van der Waals surface area (Å²) >= 11 is 0. The van der Waals surface area contributed by atoms with Crippen molar-refractivity contribution in [3.8, 4) is 22.6 Å². The van der Waals surface area contributed by atoms with E-state index in [4.69, 9.17) is 9.72 Å². The monoisotopic (exact) mass is 803 g/mol. The highest BCUT2D eigenvalue weighted by Crippen LogP contribution is 2.40. The number of phenols is 1. The molecule has 4 aromatic carbocycles. The van der Waals surface area contributed by atoms with Crippen LogP contribution in [-0.4, -0.2) is 100 Å². The van der Waals surface area contributed by atoms with E-state index in [0.29, 0.717) is 46.7 Å². The van der Waals surface area contributed by atoms with Gasteiger partial charge in [-0.3, -0.25) is 34.2 Å². The number of anilines is 2. The highest BCUT2D eigenvalue weighted by molar-refractivity contribution is 6.23. The highest BCUT2D eigenvalue weighted by Gasteiger charge is 2.44. The maximum atomic E-state index is 16.9. The number of nitrogens with one attached hydrogen (secondary N) is 2. The Labute approximate surface area is 340 Å². The van der Waals surface area contributed by atoms with Crippen molar-refractivity contribution in [2.24, 2.45) is 0 Å². The number of imide groups is 2. The van der Waals surface area contributed by atoms with Gasteiger partial charge in [0.15, 0.2) is 5.82 Å². The van der Waals surface area contributed by atoms with Gasteiger partial charge in [-0.25, -0.2) is 9.37 Å². The first-order chi connectivity index (χ1) is 28.4. The zero-order chi connectivity index (χ0) is 42.0. The number of rotatable bonds is 15. The first kappa shape index (κ1) is 40.6. The number of phenolic OH excluding ortho intramolecular Hbond substituents is 1. The van der Waals surface area contributed by atoms with Crippen molar-refractivity contribution in [1.82, 2.24) is 25.1 Å². The Hall–Kier alpha value is -6.64. The third-order valence-corrected chi connectivity index (χ3v) is 10.7. The maximum Gasteiger partial charge on any atom is 0.262 e. The van der Waals surface area contributed by atoms with Crippen molar-refractivity contribution in [3.63, 3.8) is 0 Å². The van der Waals surface area contributed by atoms with E-state index >= 15 is 4.39 Å². The minimum Gasteiger partial charge on any atom is -0.508 e. The molecule has 0 radical (unpaired) electrons. The third kappa shape index (κ3) is 8.09. The van der Waals surface area contributed by atoms with Crippen molar-refractivity contribution >= 4 is 63.0 Å². The van der Waals surface area contributed by atoms with Gasteiger partial charge >= 0.3 is 0 Å². The van der Waals surface area contributed by atoms with Gasteiger partial charge in [0.1, 0.15) is 35.5 Å².